The molecule has 0 unspecified atom stereocenters. The second kappa shape index (κ2) is 3.05. The van der Waals surface area contributed by atoms with Gasteiger partial charge in [0.25, 0.3) is 0 Å². The summed E-state index contributed by atoms with van der Waals surface area (Å²) in [4.78, 5) is 22.0. The zero-order chi connectivity index (χ0) is 9.26. The average Bonchev–Trinajstić information content (AvgIpc) is 2.53. The van der Waals surface area contributed by atoms with Crippen LogP contribution in [0.2, 0.25) is 0 Å². The van der Waals surface area contributed by atoms with E-state index in [0.717, 1.165) is 0 Å². The molecule has 2 rings (SSSR count). The minimum absolute atomic E-state index is 0.0868. The van der Waals surface area contributed by atoms with E-state index in [1.807, 2.05) is 0 Å². The molecule has 1 saturated heterocycles. The first-order chi connectivity index (χ1) is 6.25. The van der Waals surface area contributed by atoms with Gasteiger partial charge in [0.2, 0.25) is 11.8 Å². The minimum Gasteiger partial charge on any atom is -0.469 e. The number of imide groups is 1. The van der Waals surface area contributed by atoms with Crippen molar-refractivity contribution in [3.63, 3.8) is 0 Å². The zero-order valence-corrected chi connectivity index (χ0v) is 6.95. The number of hydrogen-bond acceptors (Lipinski definition) is 3. The average molecular weight is 179 g/mol. The highest BCUT2D eigenvalue weighted by molar-refractivity contribution is 5.98. The van der Waals surface area contributed by atoms with E-state index in [-0.39, 0.29) is 17.7 Å². The molecule has 1 aromatic heterocycles. The van der Waals surface area contributed by atoms with Crippen molar-refractivity contribution in [2.24, 2.45) is 0 Å². The van der Waals surface area contributed by atoms with Crippen molar-refractivity contribution < 1.29 is 14.0 Å². The quantitative estimate of drug-likeness (QED) is 0.648. The summed E-state index contributed by atoms with van der Waals surface area (Å²) >= 11 is 0. The molecule has 0 saturated carbocycles. The smallest absolute Gasteiger partial charge is 0.227 e. The van der Waals surface area contributed by atoms with E-state index in [2.05, 4.69) is 5.32 Å². The van der Waals surface area contributed by atoms with Crippen LogP contribution in [0.1, 0.15) is 24.5 Å². The summed E-state index contributed by atoms with van der Waals surface area (Å²) in [5.41, 5.74) is 0. The van der Waals surface area contributed by atoms with Gasteiger partial charge in [-0.1, -0.05) is 0 Å². The van der Waals surface area contributed by atoms with Crippen LogP contribution in [-0.4, -0.2) is 11.8 Å². The molecule has 0 aliphatic carbocycles. The largest absolute Gasteiger partial charge is 0.469 e. The first-order valence-corrected chi connectivity index (χ1v) is 4.12. The zero-order valence-electron chi connectivity index (χ0n) is 6.95. The van der Waals surface area contributed by atoms with Gasteiger partial charge in [-0.2, -0.15) is 0 Å². The number of amides is 2. The number of carbonyl (C=O) groups excluding carboxylic acids is 2. The Morgan fingerprint density at radius 2 is 2.00 bits per heavy atom. The van der Waals surface area contributed by atoms with Crippen molar-refractivity contribution in [2.75, 3.05) is 0 Å². The summed E-state index contributed by atoms with van der Waals surface area (Å²) in [6.45, 7) is 0. The Hall–Kier alpha value is -1.58. The normalized spacial score (nSPS) is 18.8. The van der Waals surface area contributed by atoms with Crippen molar-refractivity contribution >= 4 is 11.8 Å². The first-order valence-electron chi connectivity index (χ1n) is 4.12. The molecule has 1 aromatic rings. The Bertz CT molecular complexity index is 313. The summed E-state index contributed by atoms with van der Waals surface area (Å²) in [7, 11) is 0. The van der Waals surface area contributed by atoms with E-state index < -0.39 is 0 Å². The van der Waals surface area contributed by atoms with Crippen molar-refractivity contribution in [3.05, 3.63) is 24.2 Å². The van der Waals surface area contributed by atoms with Crippen molar-refractivity contribution in [1.82, 2.24) is 5.32 Å². The fourth-order valence-corrected chi connectivity index (χ4v) is 1.50. The molecular formula is C9H9NO3. The Labute approximate surface area is 74.9 Å². The van der Waals surface area contributed by atoms with Crippen molar-refractivity contribution in [3.8, 4) is 0 Å². The lowest BCUT2D eigenvalue weighted by molar-refractivity contribution is -0.133. The number of piperidine rings is 1. The van der Waals surface area contributed by atoms with E-state index in [0.29, 0.717) is 18.6 Å². The molecule has 0 aromatic carbocycles. The van der Waals surface area contributed by atoms with Gasteiger partial charge in [0, 0.05) is 18.8 Å². The van der Waals surface area contributed by atoms with Gasteiger partial charge in [0.1, 0.15) is 5.76 Å². The van der Waals surface area contributed by atoms with Crippen LogP contribution in [0.5, 0.6) is 0 Å². The molecule has 2 amide bonds. The molecule has 4 nitrogen and oxygen atoms in total. The summed E-state index contributed by atoms with van der Waals surface area (Å²) in [5, 5.41) is 2.25. The van der Waals surface area contributed by atoms with E-state index in [4.69, 9.17) is 4.42 Å². The second-order valence-corrected chi connectivity index (χ2v) is 3.09. The molecule has 0 spiro atoms. The number of hydrogen-bond donors (Lipinski definition) is 1. The molecule has 1 aliphatic heterocycles. The van der Waals surface area contributed by atoms with Crippen molar-refractivity contribution in [1.29, 1.82) is 0 Å². The third kappa shape index (κ3) is 1.61. The molecule has 0 radical (unpaired) electrons. The van der Waals surface area contributed by atoms with Gasteiger partial charge in [0.15, 0.2) is 0 Å². The third-order valence-corrected chi connectivity index (χ3v) is 2.09. The molecule has 13 heavy (non-hydrogen) atoms. The number of nitrogens with one attached hydrogen (secondary N) is 1. The van der Waals surface area contributed by atoms with E-state index in [9.17, 15) is 9.59 Å². The van der Waals surface area contributed by atoms with Gasteiger partial charge < -0.3 is 4.42 Å². The number of carbonyl (C=O) groups is 2. The number of rotatable bonds is 1. The summed E-state index contributed by atoms with van der Waals surface area (Å²) in [5.74, 6) is 0.176. The fraction of sp³-hybridized carbons (Fsp3) is 0.333. The fourth-order valence-electron chi connectivity index (χ4n) is 1.50. The molecule has 1 aliphatic rings. The molecule has 1 N–H and O–H groups in total. The van der Waals surface area contributed by atoms with Crippen LogP contribution in [0.4, 0.5) is 0 Å². The van der Waals surface area contributed by atoms with Crippen LogP contribution in [0, 0.1) is 0 Å². The Kier molecular flexibility index (Phi) is 1.88. The Morgan fingerprint density at radius 3 is 2.54 bits per heavy atom. The minimum atomic E-state index is -0.224. The van der Waals surface area contributed by atoms with E-state index in [1.54, 1.807) is 18.4 Å². The third-order valence-electron chi connectivity index (χ3n) is 2.09. The first kappa shape index (κ1) is 8.04. The second-order valence-electron chi connectivity index (χ2n) is 3.09. The van der Waals surface area contributed by atoms with Gasteiger partial charge in [-0.3, -0.25) is 14.9 Å². The molecule has 0 atom stereocenters. The van der Waals surface area contributed by atoms with Gasteiger partial charge in [-0.25, -0.2) is 0 Å². The predicted octanol–water partition coefficient (Wildman–Crippen LogP) is 0.800. The monoisotopic (exact) mass is 179 g/mol. The van der Waals surface area contributed by atoms with E-state index >= 15 is 0 Å². The highest BCUT2D eigenvalue weighted by Gasteiger charge is 2.27. The molecular weight excluding hydrogens is 170 g/mol. The van der Waals surface area contributed by atoms with Crippen LogP contribution in [0.25, 0.3) is 0 Å². The number of furan rings is 1. The summed E-state index contributed by atoms with van der Waals surface area (Å²) in [6, 6.07) is 3.54. The van der Waals surface area contributed by atoms with Gasteiger partial charge in [0.05, 0.1) is 6.26 Å². The predicted molar refractivity (Wildman–Crippen MR) is 43.8 cm³/mol. The van der Waals surface area contributed by atoms with Gasteiger partial charge >= 0.3 is 0 Å². The molecule has 0 bridgehead atoms. The Morgan fingerprint density at radius 1 is 1.31 bits per heavy atom. The highest BCUT2D eigenvalue weighted by Crippen LogP contribution is 2.26. The lowest BCUT2D eigenvalue weighted by atomic mass is 9.95. The van der Waals surface area contributed by atoms with Crippen molar-refractivity contribution in [2.45, 2.75) is 18.8 Å². The molecule has 1 fully saturated rings. The maximum atomic E-state index is 11.0. The maximum absolute atomic E-state index is 11.0. The topological polar surface area (TPSA) is 59.3 Å². The lowest BCUT2D eigenvalue weighted by Crippen LogP contribution is -2.37. The van der Waals surface area contributed by atoms with Crippen LogP contribution >= 0.6 is 0 Å². The molecule has 4 heteroatoms. The lowest BCUT2D eigenvalue weighted by Gasteiger charge is -2.18. The Balaban J connectivity index is 2.16. The van der Waals surface area contributed by atoms with Gasteiger partial charge in [-0.05, 0) is 12.1 Å². The van der Waals surface area contributed by atoms with E-state index in [1.165, 1.54) is 0 Å². The highest BCUT2D eigenvalue weighted by atomic mass is 16.3. The van der Waals surface area contributed by atoms with Crippen LogP contribution in [0.3, 0.4) is 0 Å². The van der Waals surface area contributed by atoms with Crippen LogP contribution in [0.15, 0.2) is 22.8 Å². The standard InChI is InChI=1S/C9H9NO3/c11-8-4-6(5-9(12)10-8)7-2-1-3-13-7/h1-3,6H,4-5H2,(H,10,11,12). The SMILES string of the molecule is O=C1CC(c2ccco2)CC(=O)N1. The molecule has 68 valence electrons. The summed E-state index contributed by atoms with van der Waals surface area (Å²) in [6.07, 6.45) is 2.21. The summed E-state index contributed by atoms with van der Waals surface area (Å²) < 4.78 is 5.14. The van der Waals surface area contributed by atoms with Crippen LogP contribution in [-0.2, 0) is 9.59 Å². The van der Waals surface area contributed by atoms with Crippen LogP contribution < -0.4 is 5.32 Å². The maximum Gasteiger partial charge on any atom is 0.227 e. The molecule has 2 heterocycles. The van der Waals surface area contributed by atoms with Gasteiger partial charge in [-0.15, -0.1) is 0 Å².